The molecule has 1 aromatic heterocycles. The predicted molar refractivity (Wildman–Crippen MR) is 43.0 cm³/mol. The lowest BCUT2D eigenvalue weighted by Crippen LogP contribution is -1.66. The summed E-state index contributed by atoms with van der Waals surface area (Å²) in [6.45, 7) is 0. The van der Waals surface area contributed by atoms with E-state index in [1.807, 2.05) is 12.1 Å². The van der Waals surface area contributed by atoms with Crippen LogP contribution >= 0.6 is 22.7 Å². The summed E-state index contributed by atoms with van der Waals surface area (Å²) in [5.74, 6) is 0. The molecule has 0 bridgehead atoms. The van der Waals surface area contributed by atoms with Gasteiger partial charge in [-0.05, 0) is 0 Å². The third-order valence-corrected chi connectivity index (χ3v) is 3.85. The quantitative estimate of drug-likeness (QED) is 0.593. The zero-order valence-corrected chi connectivity index (χ0v) is 7.48. The Morgan fingerprint density at radius 1 is 1.18 bits per heavy atom. The molecule has 1 heterocycles. The van der Waals surface area contributed by atoms with Crippen LogP contribution in [-0.2, 0) is 11.3 Å². The third-order valence-electron chi connectivity index (χ3n) is 0.848. The average Bonchev–Trinajstić information content (AvgIpc) is 2.46. The van der Waals surface area contributed by atoms with Crippen LogP contribution in [0.1, 0.15) is 9.75 Å². The largest absolute Gasteiger partial charge is 0.210 e. The molecule has 0 spiro atoms. The first-order valence-electron chi connectivity index (χ1n) is 2.38. The van der Waals surface area contributed by atoms with Crippen LogP contribution in [0.2, 0.25) is 0 Å². The summed E-state index contributed by atoms with van der Waals surface area (Å²) in [7, 11) is 0. The number of nitriles is 2. The molecule has 11 heavy (non-hydrogen) atoms. The summed E-state index contributed by atoms with van der Waals surface area (Å²) >= 11 is 2.46. The summed E-state index contributed by atoms with van der Waals surface area (Å²) in [6.07, 6.45) is 0. The van der Waals surface area contributed by atoms with Crippen molar-refractivity contribution in [1.29, 1.82) is 10.5 Å². The number of hydrogen-bond acceptors (Lipinski definition) is 5. The van der Waals surface area contributed by atoms with E-state index in [4.69, 9.17) is 10.5 Å². The minimum Gasteiger partial charge on any atom is -0.210 e. The lowest BCUT2D eigenvalue weighted by Gasteiger charge is -1.71. The highest BCUT2D eigenvalue weighted by Gasteiger charge is 2.04. The Hall–Kier alpha value is -0.950. The first kappa shape index (κ1) is 8.15. The second kappa shape index (κ2) is 3.44. The molecule has 0 aliphatic heterocycles. The molecule has 0 fully saturated rings. The summed E-state index contributed by atoms with van der Waals surface area (Å²) < 4.78 is 10.7. The van der Waals surface area contributed by atoms with Crippen molar-refractivity contribution in [3.63, 3.8) is 0 Å². The average molecular weight is 200 g/mol. The van der Waals surface area contributed by atoms with Crippen LogP contribution < -0.4 is 0 Å². The highest BCUT2D eigenvalue weighted by Crippen LogP contribution is 2.21. The highest BCUT2D eigenvalue weighted by atomic mass is 32.2. The van der Waals surface area contributed by atoms with Crippen LogP contribution in [0.5, 0.6) is 0 Å². The van der Waals surface area contributed by atoms with Gasteiger partial charge in [-0.3, -0.25) is 0 Å². The van der Waals surface area contributed by atoms with Crippen molar-refractivity contribution >= 4 is 33.9 Å². The SMILES string of the molecule is N#Cc1sc(=S=O)sc1C#N. The fraction of sp³-hybridized carbons (Fsp3) is 0. The Kier molecular flexibility index (Phi) is 2.55. The van der Waals surface area contributed by atoms with E-state index in [0.29, 0.717) is 24.1 Å². The molecule has 0 saturated heterocycles. The van der Waals surface area contributed by atoms with Crippen molar-refractivity contribution in [3.8, 4) is 12.1 Å². The second-order valence-electron chi connectivity index (χ2n) is 1.42. The number of rotatable bonds is 0. The summed E-state index contributed by atoms with van der Waals surface area (Å²) in [6, 6.07) is 3.71. The molecule has 0 aliphatic rings. The molecule has 0 unspecified atom stereocenters. The molecular formula is C5N2OS3. The second-order valence-corrected chi connectivity index (χ2v) is 4.81. The van der Waals surface area contributed by atoms with E-state index in [9.17, 15) is 4.21 Å². The van der Waals surface area contributed by atoms with Crippen LogP contribution in [0.15, 0.2) is 0 Å². The molecule has 6 heteroatoms. The van der Waals surface area contributed by atoms with Crippen molar-refractivity contribution in [2.24, 2.45) is 0 Å². The zero-order valence-electron chi connectivity index (χ0n) is 5.03. The lowest BCUT2D eigenvalue weighted by atomic mass is 10.5. The molecule has 0 amide bonds. The maximum absolute atomic E-state index is 10.2. The van der Waals surface area contributed by atoms with Gasteiger partial charge in [0.2, 0.25) is 0 Å². The van der Waals surface area contributed by atoms with Crippen LogP contribution in [0, 0.1) is 25.8 Å². The molecule has 0 aromatic carbocycles. The van der Waals surface area contributed by atoms with Crippen molar-refractivity contribution in [2.75, 3.05) is 0 Å². The van der Waals surface area contributed by atoms with Gasteiger partial charge in [-0.25, -0.2) is 4.21 Å². The topological polar surface area (TPSA) is 64.7 Å². The third kappa shape index (κ3) is 1.55. The molecule has 0 aliphatic carbocycles. The molecular weight excluding hydrogens is 200 g/mol. The predicted octanol–water partition coefficient (Wildman–Crippen LogP) is 1.30. The molecule has 1 aromatic rings. The van der Waals surface area contributed by atoms with E-state index < -0.39 is 0 Å². The first-order valence-corrected chi connectivity index (χ1v) is 4.76. The van der Waals surface area contributed by atoms with E-state index in [1.165, 1.54) is 0 Å². The summed E-state index contributed by atoms with van der Waals surface area (Å²) in [5, 5.41) is 16.9. The van der Waals surface area contributed by atoms with Crippen LogP contribution in [0.3, 0.4) is 0 Å². The monoisotopic (exact) mass is 200 g/mol. The van der Waals surface area contributed by atoms with Gasteiger partial charge in [-0.15, -0.1) is 0 Å². The fourth-order valence-electron chi connectivity index (χ4n) is 0.461. The molecule has 54 valence electrons. The standard InChI is InChI=1S/C5N2OS3/c6-1-3-4(2-7)10-5(9-3)11-8. The summed E-state index contributed by atoms with van der Waals surface area (Å²) in [4.78, 5) is 0.659. The van der Waals surface area contributed by atoms with Gasteiger partial charge in [0.25, 0.3) is 0 Å². The van der Waals surface area contributed by atoms with Gasteiger partial charge < -0.3 is 0 Å². The van der Waals surface area contributed by atoms with Crippen molar-refractivity contribution in [3.05, 3.63) is 12.9 Å². The van der Waals surface area contributed by atoms with Crippen LogP contribution in [0.4, 0.5) is 0 Å². The Morgan fingerprint density at radius 2 is 1.64 bits per heavy atom. The summed E-state index contributed by atoms with van der Waals surface area (Å²) in [5.41, 5.74) is 0. The minimum absolute atomic E-state index is 0.319. The maximum atomic E-state index is 10.2. The lowest BCUT2D eigenvalue weighted by molar-refractivity contribution is 0.700. The minimum atomic E-state index is 0.319. The molecule has 1 rings (SSSR count). The van der Waals surface area contributed by atoms with Crippen LogP contribution in [-0.4, -0.2) is 4.21 Å². The molecule has 0 saturated carbocycles. The highest BCUT2D eigenvalue weighted by molar-refractivity contribution is 7.64. The van der Waals surface area contributed by atoms with E-state index in [2.05, 4.69) is 0 Å². The van der Waals surface area contributed by atoms with Gasteiger partial charge in [0, 0.05) is 0 Å². The molecule has 0 radical (unpaired) electrons. The fourth-order valence-corrected chi connectivity index (χ4v) is 2.85. The molecule has 3 nitrogen and oxygen atoms in total. The van der Waals surface area contributed by atoms with Gasteiger partial charge >= 0.3 is 0 Å². The van der Waals surface area contributed by atoms with Gasteiger partial charge in [0.05, 0.1) is 0 Å². The smallest absolute Gasteiger partial charge is 0.176 e. The number of hydrogen-bond donors (Lipinski definition) is 0. The first-order chi connectivity index (χ1) is 5.31. The Morgan fingerprint density at radius 3 is 1.91 bits per heavy atom. The van der Waals surface area contributed by atoms with Gasteiger partial charge in [0.15, 0.2) is 3.14 Å². The van der Waals surface area contributed by atoms with Gasteiger partial charge in [-0.2, -0.15) is 10.5 Å². The van der Waals surface area contributed by atoms with Crippen molar-refractivity contribution in [2.45, 2.75) is 0 Å². The van der Waals surface area contributed by atoms with Gasteiger partial charge in [-0.1, -0.05) is 22.7 Å². The van der Waals surface area contributed by atoms with Crippen molar-refractivity contribution < 1.29 is 4.21 Å². The van der Waals surface area contributed by atoms with E-state index in [-0.39, 0.29) is 0 Å². The number of nitrogens with zero attached hydrogens (tertiary/aromatic N) is 2. The van der Waals surface area contributed by atoms with Crippen LogP contribution in [0.25, 0.3) is 0 Å². The molecule has 0 atom stereocenters. The Bertz CT molecular complexity index is 403. The van der Waals surface area contributed by atoms with Crippen molar-refractivity contribution in [1.82, 2.24) is 0 Å². The Balaban J connectivity index is 3.54. The van der Waals surface area contributed by atoms with Gasteiger partial charge in [0.1, 0.15) is 33.1 Å². The Labute approximate surface area is 73.8 Å². The van der Waals surface area contributed by atoms with E-state index in [1.54, 1.807) is 0 Å². The maximum Gasteiger partial charge on any atom is 0.176 e. The zero-order chi connectivity index (χ0) is 8.27. The van der Waals surface area contributed by atoms with E-state index >= 15 is 0 Å². The van der Waals surface area contributed by atoms with E-state index in [0.717, 1.165) is 22.7 Å². The molecule has 0 N–H and O–H groups in total. The normalized spacial score (nSPS) is 8.18.